The van der Waals surface area contributed by atoms with Crippen molar-refractivity contribution in [1.29, 1.82) is 0 Å². The number of rotatable bonds is 2. The maximum atomic E-state index is 9.88. The molecule has 0 spiro atoms. The largest absolute Gasteiger partial charge is 0.385 e. The molecule has 72 valence electrons. The van der Waals surface area contributed by atoms with Crippen LogP contribution in [0.4, 0.5) is 0 Å². The predicted molar refractivity (Wildman–Crippen MR) is 47.1 cm³/mol. The van der Waals surface area contributed by atoms with Crippen LogP contribution in [0.1, 0.15) is 24.8 Å². The first kappa shape index (κ1) is 8.72. The molecular weight excluding hydrogens is 168 g/mol. The van der Waals surface area contributed by atoms with Gasteiger partial charge in [0.05, 0.1) is 0 Å². The molecule has 2 rings (SSSR count). The number of aliphatic hydroxyl groups excluding tert-OH is 1. The average Bonchev–Trinajstić information content (AvgIpc) is 2.71. The highest BCUT2D eigenvalue weighted by molar-refractivity contribution is 4.94. The minimum atomic E-state index is -0.459. The van der Waals surface area contributed by atoms with Gasteiger partial charge in [0.1, 0.15) is 11.9 Å². The molecule has 13 heavy (non-hydrogen) atoms. The Bertz CT molecular complexity index is 242. The van der Waals surface area contributed by atoms with Gasteiger partial charge in [-0.3, -0.25) is 0 Å². The van der Waals surface area contributed by atoms with Crippen LogP contribution in [0.5, 0.6) is 0 Å². The molecular formula is C9H14N2O2. The Labute approximate surface area is 77.0 Å². The molecule has 1 fully saturated rings. The SMILES string of the molecule is OC(c1ncc[nH]1)C1CCOCC1. The van der Waals surface area contributed by atoms with Crippen LogP contribution in [0.15, 0.2) is 12.4 Å². The first-order valence-corrected chi connectivity index (χ1v) is 4.63. The second-order valence-electron chi connectivity index (χ2n) is 3.37. The van der Waals surface area contributed by atoms with Crippen molar-refractivity contribution >= 4 is 0 Å². The van der Waals surface area contributed by atoms with Gasteiger partial charge in [0.15, 0.2) is 0 Å². The topological polar surface area (TPSA) is 58.1 Å². The van der Waals surface area contributed by atoms with Crippen molar-refractivity contribution in [2.45, 2.75) is 18.9 Å². The zero-order valence-corrected chi connectivity index (χ0v) is 7.44. The molecule has 0 radical (unpaired) electrons. The predicted octanol–water partition coefficient (Wildman–Crippen LogP) is 0.870. The molecule has 0 aromatic carbocycles. The molecule has 4 heteroatoms. The van der Waals surface area contributed by atoms with Crippen molar-refractivity contribution in [2.24, 2.45) is 5.92 Å². The van der Waals surface area contributed by atoms with Gasteiger partial charge in [-0.25, -0.2) is 4.98 Å². The number of aromatic nitrogens is 2. The third-order valence-corrected chi connectivity index (χ3v) is 2.51. The van der Waals surface area contributed by atoms with Gasteiger partial charge < -0.3 is 14.8 Å². The summed E-state index contributed by atoms with van der Waals surface area (Å²) in [7, 11) is 0. The molecule has 0 saturated carbocycles. The Kier molecular flexibility index (Phi) is 2.61. The Morgan fingerprint density at radius 1 is 1.54 bits per heavy atom. The summed E-state index contributed by atoms with van der Waals surface area (Å²) in [5.74, 6) is 0.965. The first-order chi connectivity index (χ1) is 6.38. The molecule has 0 bridgehead atoms. The van der Waals surface area contributed by atoms with E-state index in [9.17, 15) is 5.11 Å². The van der Waals surface area contributed by atoms with Gasteiger partial charge in [0.2, 0.25) is 0 Å². The van der Waals surface area contributed by atoms with Crippen molar-refractivity contribution in [1.82, 2.24) is 9.97 Å². The number of ether oxygens (including phenoxy) is 1. The fraction of sp³-hybridized carbons (Fsp3) is 0.667. The lowest BCUT2D eigenvalue weighted by Gasteiger charge is -2.25. The Balaban J connectivity index is 1.99. The zero-order valence-electron chi connectivity index (χ0n) is 7.44. The second-order valence-corrected chi connectivity index (χ2v) is 3.37. The van der Waals surface area contributed by atoms with E-state index in [1.165, 1.54) is 0 Å². The lowest BCUT2D eigenvalue weighted by atomic mass is 9.93. The molecule has 4 nitrogen and oxygen atoms in total. The smallest absolute Gasteiger partial charge is 0.135 e. The van der Waals surface area contributed by atoms with E-state index in [4.69, 9.17) is 4.74 Å². The number of aromatic amines is 1. The van der Waals surface area contributed by atoms with E-state index in [1.54, 1.807) is 12.4 Å². The summed E-state index contributed by atoms with van der Waals surface area (Å²) in [4.78, 5) is 6.98. The number of nitrogens with zero attached hydrogens (tertiary/aromatic N) is 1. The van der Waals surface area contributed by atoms with Crippen molar-refractivity contribution < 1.29 is 9.84 Å². The summed E-state index contributed by atoms with van der Waals surface area (Å²) in [5.41, 5.74) is 0. The van der Waals surface area contributed by atoms with Gasteiger partial charge in [-0.1, -0.05) is 0 Å². The molecule has 2 N–H and O–H groups in total. The standard InChI is InChI=1S/C9H14N2O2/c12-8(9-10-3-4-11-9)7-1-5-13-6-2-7/h3-4,7-8,12H,1-2,5-6H2,(H,10,11). The average molecular weight is 182 g/mol. The first-order valence-electron chi connectivity index (χ1n) is 4.63. The van der Waals surface area contributed by atoms with Crippen molar-refractivity contribution in [3.05, 3.63) is 18.2 Å². The Morgan fingerprint density at radius 3 is 2.92 bits per heavy atom. The highest BCUT2D eigenvalue weighted by atomic mass is 16.5. The maximum Gasteiger partial charge on any atom is 0.135 e. The van der Waals surface area contributed by atoms with Crippen molar-refractivity contribution in [3.63, 3.8) is 0 Å². The highest BCUT2D eigenvalue weighted by Crippen LogP contribution is 2.27. The molecule has 1 aromatic heterocycles. The summed E-state index contributed by atoms with van der Waals surface area (Å²) in [6.45, 7) is 1.50. The van der Waals surface area contributed by atoms with E-state index in [0.717, 1.165) is 26.1 Å². The summed E-state index contributed by atoms with van der Waals surface area (Å²) in [6.07, 6.45) is 4.78. The van der Waals surface area contributed by atoms with Crippen LogP contribution in [-0.4, -0.2) is 28.3 Å². The lowest BCUT2D eigenvalue weighted by Crippen LogP contribution is -2.22. The molecule has 1 unspecified atom stereocenters. The van der Waals surface area contributed by atoms with E-state index in [1.807, 2.05) is 0 Å². The van der Waals surface area contributed by atoms with Crippen molar-refractivity contribution in [2.75, 3.05) is 13.2 Å². The van der Waals surface area contributed by atoms with Crippen LogP contribution in [0.3, 0.4) is 0 Å². The Hall–Kier alpha value is -0.870. The third kappa shape index (κ3) is 1.89. The summed E-state index contributed by atoms with van der Waals surface area (Å²) in [6, 6.07) is 0. The van der Waals surface area contributed by atoms with Gasteiger partial charge in [0.25, 0.3) is 0 Å². The second kappa shape index (κ2) is 3.89. The van der Waals surface area contributed by atoms with Gasteiger partial charge in [-0.2, -0.15) is 0 Å². The van der Waals surface area contributed by atoms with Crippen molar-refractivity contribution in [3.8, 4) is 0 Å². The molecule has 1 atom stereocenters. The number of aliphatic hydroxyl groups is 1. The third-order valence-electron chi connectivity index (χ3n) is 2.51. The van der Waals surface area contributed by atoms with Crippen LogP contribution in [0.25, 0.3) is 0 Å². The van der Waals surface area contributed by atoms with Crippen LogP contribution in [0, 0.1) is 5.92 Å². The molecule has 0 amide bonds. The van der Waals surface area contributed by atoms with Crippen LogP contribution >= 0.6 is 0 Å². The molecule has 1 aliphatic rings. The quantitative estimate of drug-likeness (QED) is 0.713. The van der Waals surface area contributed by atoms with Gasteiger partial charge >= 0.3 is 0 Å². The molecule has 1 saturated heterocycles. The van der Waals surface area contributed by atoms with Gasteiger partial charge in [-0.15, -0.1) is 0 Å². The summed E-state index contributed by atoms with van der Waals surface area (Å²) in [5, 5.41) is 9.88. The molecule has 1 aromatic rings. The molecule has 0 aliphatic carbocycles. The number of hydrogen-bond donors (Lipinski definition) is 2. The minimum Gasteiger partial charge on any atom is -0.385 e. The molecule has 2 heterocycles. The number of hydrogen-bond acceptors (Lipinski definition) is 3. The van der Waals surface area contributed by atoms with Gasteiger partial charge in [-0.05, 0) is 18.8 Å². The lowest BCUT2D eigenvalue weighted by molar-refractivity contribution is 0.00412. The Morgan fingerprint density at radius 2 is 2.31 bits per heavy atom. The number of nitrogens with one attached hydrogen (secondary N) is 1. The fourth-order valence-corrected chi connectivity index (χ4v) is 1.69. The maximum absolute atomic E-state index is 9.88. The highest BCUT2D eigenvalue weighted by Gasteiger charge is 2.24. The number of H-pyrrole nitrogens is 1. The normalized spacial score (nSPS) is 21.6. The monoisotopic (exact) mass is 182 g/mol. The summed E-state index contributed by atoms with van der Waals surface area (Å²) >= 11 is 0. The minimum absolute atomic E-state index is 0.292. The van der Waals surface area contributed by atoms with Crippen LogP contribution in [-0.2, 0) is 4.74 Å². The van der Waals surface area contributed by atoms with E-state index in [2.05, 4.69) is 9.97 Å². The van der Waals surface area contributed by atoms with Crippen LogP contribution in [0.2, 0.25) is 0 Å². The molecule has 1 aliphatic heterocycles. The summed E-state index contributed by atoms with van der Waals surface area (Å²) < 4.78 is 5.23. The number of imidazole rings is 1. The fourth-order valence-electron chi connectivity index (χ4n) is 1.69. The van der Waals surface area contributed by atoms with Gasteiger partial charge in [0, 0.05) is 25.6 Å². The van der Waals surface area contributed by atoms with Crippen LogP contribution < -0.4 is 0 Å². The zero-order chi connectivity index (χ0) is 9.10. The van der Waals surface area contributed by atoms with E-state index in [-0.39, 0.29) is 0 Å². The van der Waals surface area contributed by atoms with E-state index >= 15 is 0 Å². The van der Waals surface area contributed by atoms with E-state index in [0.29, 0.717) is 11.7 Å². The van der Waals surface area contributed by atoms with E-state index < -0.39 is 6.10 Å².